The van der Waals surface area contributed by atoms with E-state index in [4.69, 9.17) is 23.1 Å². The molecule has 1 amide bonds. The number of aliphatic hydroxyl groups is 1. The van der Waals surface area contributed by atoms with Crippen LogP contribution in [0.1, 0.15) is 26.7 Å². The third-order valence-electron chi connectivity index (χ3n) is 3.22. The molecule has 1 aliphatic heterocycles. The molecule has 1 aliphatic rings. The van der Waals surface area contributed by atoms with Gasteiger partial charge in [-0.2, -0.15) is 0 Å². The van der Waals surface area contributed by atoms with Gasteiger partial charge in [0.2, 0.25) is 5.91 Å². The molecule has 92 valence electrons. The van der Waals surface area contributed by atoms with Crippen LogP contribution in [0, 0.1) is 11.3 Å². The van der Waals surface area contributed by atoms with Gasteiger partial charge >= 0.3 is 0 Å². The lowest BCUT2D eigenvalue weighted by atomic mass is 9.89. The van der Waals surface area contributed by atoms with Crippen molar-refractivity contribution >= 4 is 23.1 Å². The van der Waals surface area contributed by atoms with Crippen LogP contribution in [0.2, 0.25) is 0 Å². The fourth-order valence-corrected chi connectivity index (χ4v) is 1.99. The van der Waals surface area contributed by atoms with E-state index in [2.05, 4.69) is 0 Å². The zero-order valence-corrected chi connectivity index (χ0v) is 10.7. The molecule has 1 atom stereocenters. The second kappa shape index (κ2) is 5.10. The minimum Gasteiger partial charge on any atom is -0.396 e. The number of nitrogens with zero attached hydrogens (tertiary/aromatic N) is 1. The molecule has 0 spiro atoms. The van der Waals surface area contributed by atoms with Crippen LogP contribution >= 0.6 is 12.2 Å². The van der Waals surface area contributed by atoms with E-state index in [0.717, 1.165) is 19.4 Å². The standard InChI is InChI=1S/C11H20N2O2S/c1-11(2,9(12)16)10(15)13-5-3-4-8(6-13)7-14/h8,14H,3-7H2,1-2H3,(H2,12,16). The lowest BCUT2D eigenvalue weighted by molar-refractivity contribution is -0.139. The van der Waals surface area contributed by atoms with Gasteiger partial charge in [0.05, 0.1) is 10.4 Å². The molecular formula is C11H20N2O2S. The number of carbonyl (C=O) groups excluding carboxylic acids is 1. The minimum absolute atomic E-state index is 0.0295. The summed E-state index contributed by atoms with van der Waals surface area (Å²) < 4.78 is 0. The van der Waals surface area contributed by atoms with E-state index < -0.39 is 5.41 Å². The Kier molecular flexibility index (Phi) is 4.27. The van der Waals surface area contributed by atoms with Gasteiger partial charge in [-0.05, 0) is 32.6 Å². The zero-order valence-electron chi connectivity index (χ0n) is 9.90. The predicted octanol–water partition coefficient (Wildman–Crippen LogP) is 0.530. The summed E-state index contributed by atoms with van der Waals surface area (Å²) in [7, 11) is 0. The predicted molar refractivity (Wildman–Crippen MR) is 67.0 cm³/mol. The first-order chi connectivity index (χ1) is 7.39. The van der Waals surface area contributed by atoms with Crippen molar-refractivity contribution in [3.8, 4) is 0 Å². The largest absolute Gasteiger partial charge is 0.396 e. The molecule has 4 nitrogen and oxygen atoms in total. The summed E-state index contributed by atoms with van der Waals surface area (Å²) in [5.74, 6) is 0.165. The summed E-state index contributed by atoms with van der Waals surface area (Å²) in [6.07, 6.45) is 1.91. The summed E-state index contributed by atoms with van der Waals surface area (Å²) in [5.41, 5.74) is 4.79. The Bertz CT molecular complexity index is 292. The molecule has 16 heavy (non-hydrogen) atoms. The monoisotopic (exact) mass is 244 g/mol. The Balaban J connectivity index is 2.70. The van der Waals surface area contributed by atoms with Crippen molar-refractivity contribution in [1.29, 1.82) is 0 Å². The number of rotatable bonds is 3. The van der Waals surface area contributed by atoms with Crippen molar-refractivity contribution < 1.29 is 9.90 Å². The molecule has 1 rings (SSSR count). The number of hydrogen-bond donors (Lipinski definition) is 2. The third-order valence-corrected chi connectivity index (χ3v) is 3.73. The molecule has 3 N–H and O–H groups in total. The number of thiocarbonyl (C=S) groups is 1. The molecule has 0 aromatic carbocycles. The average Bonchev–Trinajstić information content (AvgIpc) is 2.27. The molecule has 0 radical (unpaired) electrons. The van der Waals surface area contributed by atoms with Gasteiger partial charge in [0.25, 0.3) is 0 Å². The highest BCUT2D eigenvalue weighted by Crippen LogP contribution is 2.24. The van der Waals surface area contributed by atoms with Crippen LogP contribution in [0.15, 0.2) is 0 Å². The summed E-state index contributed by atoms with van der Waals surface area (Å²) >= 11 is 4.92. The van der Waals surface area contributed by atoms with Gasteiger partial charge in [0.15, 0.2) is 0 Å². The fraction of sp³-hybridized carbons (Fsp3) is 0.818. The molecule has 0 bridgehead atoms. The van der Waals surface area contributed by atoms with Crippen molar-refractivity contribution in [2.24, 2.45) is 17.1 Å². The smallest absolute Gasteiger partial charge is 0.235 e. The van der Waals surface area contributed by atoms with Crippen LogP contribution < -0.4 is 5.73 Å². The Hall–Kier alpha value is -0.680. The highest BCUT2D eigenvalue weighted by Gasteiger charge is 2.36. The van der Waals surface area contributed by atoms with Gasteiger partial charge in [-0.25, -0.2) is 0 Å². The van der Waals surface area contributed by atoms with Crippen molar-refractivity contribution in [2.75, 3.05) is 19.7 Å². The number of amides is 1. The third kappa shape index (κ3) is 2.71. The molecule has 1 heterocycles. The number of likely N-dealkylation sites (tertiary alicyclic amines) is 1. The van der Waals surface area contributed by atoms with Gasteiger partial charge in [-0.3, -0.25) is 4.79 Å². The lowest BCUT2D eigenvalue weighted by Gasteiger charge is -2.36. The van der Waals surface area contributed by atoms with Crippen molar-refractivity contribution in [3.63, 3.8) is 0 Å². The van der Waals surface area contributed by atoms with Gasteiger partial charge in [0, 0.05) is 19.7 Å². The molecule has 0 saturated carbocycles. The van der Waals surface area contributed by atoms with E-state index in [9.17, 15) is 4.79 Å². The fourth-order valence-electron chi connectivity index (χ4n) is 1.90. The number of hydrogen-bond acceptors (Lipinski definition) is 3. The van der Waals surface area contributed by atoms with E-state index >= 15 is 0 Å². The summed E-state index contributed by atoms with van der Waals surface area (Å²) in [6, 6.07) is 0. The first kappa shape index (κ1) is 13.4. The van der Waals surface area contributed by atoms with Crippen molar-refractivity contribution in [2.45, 2.75) is 26.7 Å². The van der Waals surface area contributed by atoms with E-state index in [-0.39, 0.29) is 23.4 Å². The van der Waals surface area contributed by atoms with Gasteiger partial charge in [0.1, 0.15) is 0 Å². The molecule has 1 saturated heterocycles. The van der Waals surface area contributed by atoms with Crippen LogP contribution in [0.3, 0.4) is 0 Å². The Labute approximate surface area is 102 Å². The highest BCUT2D eigenvalue weighted by atomic mass is 32.1. The van der Waals surface area contributed by atoms with Crippen molar-refractivity contribution in [3.05, 3.63) is 0 Å². The second-order valence-electron chi connectivity index (χ2n) is 4.93. The molecule has 5 heteroatoms. The topological polar surface area (TPSA) is 66.6 Å². The van der Waals surface area contributed by atoms with Crippen LogP contribution in [0.25, 0.3) is 0 Å². The lowest BCUT2D eigenvalue weighted by Crippen LogP contribution is -2.50. The zero-order chi connectivity index (χ0) is 12.3. The summed E-state index contributed by atoms with van der Waals surface area (Å²) in [4.78, 5) is 14.2. The first-order valence-electron chi connectivity index (χ1n) is 5.59. The van der Waals surface area contributed by atoms with Crippen LogP contribution in [-0.4, -0.2) is 40.6 Å². The molecular weight excluding hydrogens is 224 g/mol. The maximum Gasteiger partial charge on any atom is 0.235 e. The van der Waals surface area contributed by atoms with Gasteiger partial charge in [-0.15, -0.1) is 0 Å². The maximum atomic E-state index is 12.2. The van der Waals surface area contributed by atoms with Gasteiger partial charge < -0.3 is 15.7 Å². The average molecular weight is 244 g/mol. The summed E-state index contributed by atoms with van der Waals surface area (Å²) in [5, 5.41) is 9.11. The van der Waals surface area contributed by atoms with E-state index in [1.807, 2.05) is 0 Å². The number of piperidine rings is 1. The van der Waals surface area contributed by atoms with Crippen LogP contribution in [0.4, 0.5) is 0 Å². The second-order valence-corrected chi connectivity index (χ2v) is 5.37. The number of carbonyl (C=O) groups is 1. The van der Waals surface area contributed by atoms with Gasteiger partial charge in [-0.1, -0.05) is 12.2 Å². The Morgan fingerprint density at radius 1 is 1.62 bits per heavy atom. The summed E-state index contributed by atoms with van der Waals surface area (Å²) in [6.45, 7) is 4.99. The maximum absolute atomic E-state index is 12.2. The minimum atomic E-state index is -0.785. The van der Waals surface area contributed by atoms with Crippen LogP contribution in [-0.2, 0) is 4.79 Å². The molecule has 0 aromatic rings. The quantitative estimate of drug-likeness (QED) is 0.711. The Morgan fingerprint density at radius 3 is 2.75 bits per heavy atom. The number of nitrogens with two attached hydrogens (primary N) is 1. The first-order valence-corrected chi connectivity index (χ1v) is 6.00. The molecule has 0 aliphatic carbocycles. The molecule has 1 unspecified atom stereocenters. The SMILES string of the molecule is CC(C)(C(=O)N1CCCC(CO)C1)C(N)=S. The highest BCUT2D eigenvalue weighted by molar-refractivity contribution is 7.80. The molecule has 1 fully saturated rings. The van der Waals surface area contributed by atoms with E-state index in [0.29, 0.717) is 6.54 Å². The normalized spacial score (nSPS) is 21.9. The molecule has 0 aromatic heterocycles. The number of aliphatic hydroxyl groups excluding tert-OH is 1. The van der Waals surface area contributed by atoms with Crippen molar-refractivity contribution in [1.82, 2.24) is 4.90 Å². The van der Waals surface area contributed by atoms with Crippen LogP contribution in [0.5, 0.6) is 0 Å². The Morgan fingerprint density at radius 2 is 2.25 bits per heavy atom. The van der Waals surface area contributed by atoms with E-state index in [1.54, 1.807) is 18.7 Å². The van der Waals surface area contributed by atoms with E-state index in [1.165, 1.54) is 0 Å².